The third-order valence-electron chi connectivity index (χ3n) is 2.02. The lowest BCUT2D eigenvalue weighted by Gasteiger charge is -1.97. The highest BCUT2D eigenvalue weighted by Gasteiger charge is 2.14. The van der Waals surface area contributed by atoms with Gasteiger partial charge in [0, 0.05) is 7.05 Å². The molecular weight excluding hydrogens is 246 g/mol. The van der Waals surface area contributed by atoms with Crippen LogP contribution in [-0.4, -0.2) is 30.9 Å². The van der Waals surface area contributed by atoms with Gasteiger partial charge in [-0.05, 0) is 10.3 Å². The smallest absolute Gasteiger partial charge is 0.343 e. The van der Waals surface area contributed by atoms with Crippen LogP contribution < -0.4 is 11.4 Å². The standard InChI is InChI=1S/C7H9N7O2S/c1-14-3(10-11-7(14)15)2-17-6-4(5(8)9)12-16-13-6/h2H2,1H3,(H3,8,9)(H,11,15). The number of nitrogen functional groups attached to an aromatic ring is 1. The largest absolute Gasteiger partial charge is 0.382 e. The maximum absolute atomic E-state index is 11.1. The van der Waals surface area contributed by atoms with Gasteiger partial charge in [-0.25, -0.2) is 14.5 Å². The Kier molecular flexibility index (Phi) is 2.95. The minimum absolute atomic E-state index is 0.190. The Hall–Kier alpha value is -2.10. The number of nitrogens with one attached hydrogen (secondary N) is 2. The summed E-state index contributed by atoms with van der Waals surface area (Å²) in [6, 6.07) is 0. The minimum atomic E-state index is -0.286. The Balaban J connectivity index is 2.13. The fourth-order valence-electron chi connectivity index (χ4n) is 1.08. The fraction of sp³-hybridized carbons (Fsp3) is 0.286. The van der Waals surface area contributed by atoms with Crippen LogP contribution >= 0.6 is 11.8 Å². The average Bonchev–Trinajstić information content (AvgIpc) is 2.86. The fourth-order valence-corrected chi connectivity index (χ4v) is 1.98. The third kappa shape index (κ3) is 2.20. The highest BCUT2D eigenvalue weighted by atomic mass is 32.2. The van der Waals surface area contributed by atoms with Crippen molar-refractivity contribution in [3.05, 3.63) is 22.0 Å². The number of amidine groups is 1. The topological polar surface area (TPSA) is 139 Å². The van der Waals surface area contributed by atoms with E-state index in [-0.39, 0.29) is 17.2 Å². The predicted octanol–water partition coefficient (Wildman–Crippen LogP) is -0.932. The second kappa shape index (κ2) is 4.41. The molecule has 2 rings (SSSR count). The Bertz CT molecular complexity index is 597. The van der Waals surface area contributed by atoms with E-state index in [1.165, 1.54) is 16.3 Å². The van der Waals surface area contributed by atoms with Crippen LogP contribution in [0, 0.1) is 5.41 Å². The van der Waals surface area contributed by atoms with Crippen molar-refractivity contribution in [2.45, 2.75) is 10.8 Å². The molecule has 0 spiro atoms. The summed E-state index contributed by atoms with van der Waals surface area (Å²) in [7, 11) is 1.61. The summed E-state index contributed by atoms with van der Waals surface area (Å²) < 4.78 is 5.88. The first kappa shape index (κ1) is 11.4. The summed E-state index contributed by atoms with van der Waals surface area (Å²) >= 11 is 1.23. The van der Waals surface area contributed by atoms with Crippen LogP contribution in [0.3, 0.4) is 0 Å². The van der Waals surface area contributed by atoms with Crippen LogP contribution in [0.2, 0.25) is 0 Å². The molecule has 9 nitrogen and oxygen atoms in total. The number of hydrogen-bond donors (Lipinski definition) is 3. The molecule has 0 amide bonds. The van der Waals surface area contributed by atoms with Crippen LogP contribution in [0.4, 0.5) is 0 Å². The first-order valence-electron chi connectivity index (χ1n) is 4.49. The Morgan fingerprint density at radius 3 is 3.00 bits per heavy atom. The molecule has 4 N–H and O–H groups in total. The molecule has 17 heavy (non-hydrogen) atoms. The number of rotatable bonds is 4. The lowest BCUT2D eigenvalue weighted by molar-refractivity contribution is 0.298. The van der Waals surface area contributed by atoms with Crippen LogP contribution in [0.25, 0.3) is 0 Å². The first-order chi connectivity index (χ1) is 8.09. The van der Waals surface area contributed by atoms with Gasteiger partial charge in [-0.2, -0.15) is 5.10 Å². The molecule has 10 heteroatoms. The highest BCUT2D eigenvalue weighted by molar-refractivity contribution is 7.98. The van der Waals surface area contributed by atoms with E-state index in [0.29, 0.717) is 16.6 Å². The molecule has 0 aromatic carbocycles. The molecular formula is C7H9N7O2S. The van der Waals surface area contributed by atoms with E-state index in [1.54, 1.807) is 7.05 Å². The summed E-state index contributed by atoms with van der Waals surface area (Å²) in [6.45, 7) is 0. The second-order valence-electron chi connectivity index (χ2n) is 3.12. The average molecular weight is 255 g/mol. The number of aromatic nitrogens is 5. The van der Waals surface area contributed by atoms with Crippen LogP contribution in [0.1, 0.15) is 11.5 Å². The van der Waals surface area contributed by atoms with Crippen molar-refractivity contribution in [1.82, 2.24) is 25.1 Å². The molecule has 0 aliphatic rings. The van der Waals surface area contributed by atoms with E-state index in [2.05, 4.69) is 25.1 Å². The molecule has 2 aromatic heterocycles. The summed E-state index contributed by atoms with van der Waals surface area (Å²) in [6.07, 6.45) is 0. The van der Waals surface area contributed by atoms with E-state index < -0.39 is 0 Å². The molecule has 0 saturated heterocycles. The zero-order valence-corrected chi connectivity index (χ0v) is 9.61. The van der Waals surface area contributed by atoms with E-state index in [1.807, 2.05) is 0 Å². The zero-order chi connectivity index (χ0) is 12.4. The van der Waals surface area contributed by atoms with E-state index in [9.17, 15) is 4.79 Å². The molecule has 0 unspecified atom stereocenters. The van der Waals surface area contributed by atoms with Gasteiger partial charge in [0.2, 0.25) is 0 Å². The molecule has 0 aliphatic carbocycles. The lowest BCUT2D eigenvalue weighted by atomic mass is 10.4. The summed E-state index contributed by atoms with van der Waals surface area (Å²) in [4.78, 5) is 11.1. The molecule has 0 fully saturated rings. The number of aromatic amines is 1. The first-order valence-corrected chi connectivity index (χ1v) is 5.48. The maximum atomic E-state index is 11.1. The van der Waals surface area contributed by atoms with Crippen LogP contribution in [0.15, 0.2) is 14.4 Å². The van der Waals surface area contributed by atoms with Crippen molar-refractivity contribution >= 4 is 17.6 Å². The third-order valence-corrected chi connectivity index (χ3v) is 2.97. The van der Waals surface area contributed by atoms with Crippen molar-refractivity contribution in [2.75, 3.05) is 0 Å². The van der Waals surface area contributed by atoms with E-state index in [0.717, 1.165) is 0 Å². The number of H-pyrrole nitrogens is 1. The van der Waals surface area contributed by atoms with Gasteiger partial charge < -0.3 is 5.73 Å². The number of nitrogens with zero attached hydrogens (tertiary/aromatic N) is 4. The molecule has 0 saturated carbocycles. The Morgan fingerprint density at radius 1 is 1.65 bits per heavy atom. The van der Waals surface area contributed by atoms with E-state index >= 15 is 0 Å². The van der Waals surface area contributed by atoms with Gasteiger partial charge in [0.25, 0.3) is 0 Å². The van der Waals surface area contributed by atoms with Crippen molar-refractivity contribution in [1.29, 1.82) is 5.41 Å². The summed E-state index contributed by atoms with van der Waals surface area (Å²) in [5, 5.41) is 20.9. The van der Waals surface area contributed by atoms with Crippen molar-refractivity contribution in [3.63, 3.8) is 0 Å². The van der Waals surface area contributed by atoms with Gasteiger partial charge in [0.15, 0.2) is 10.7 Å². The molecule has 0 bridgehead atoms. The highest BCUT2D eigenvalue weighted by Crippen LogP contribution is 2.21. The molecule has 90 valence electrons. The number of nitrogens with two attached hydrogens (primary N) is 1. The molecule has 2 heterocycles. The van der Waals surface area contributed by atoms with Crippen molar-refractivity contribution in [3.8, 4) is 0 Å². The zero-order valence-electron chi connectivity index (χ0n) is 8.80. The molecule has 0 aliphatic heterocycles. The van der Waals surface area contributed by atoms with Gasteiger partial charge in [0.05, 0.1) is 5.75 Å². The second-order valence-corrected chi connectivity index (χ2v) is 4.09. The SMILES string of the molecule is Cn1c(CSc2nonc2C(=N)N)n[nH]c1=O. The monoisotopic (exact) mass is 255 g/mol. The summed E-state index contributed by atoms with van der Waals surface area (Å²) in [5.41, 5.74) is 5.20. The van der Waals surface area contributed by atoms with Gasteiger partial charge in [-0.3, -0.25) is 9.98 Å². The van der Waals surface area contributed by atoms with Gasteiger partial charge in [-0.1, -0.05) is 11.8 Å². The van der Waals surface area contributed by atoms with Crippen LogP contribution in [-0.2, 0) is 12.8 Å². The van der Waals surface area contributed by atoms with Gasteiger partial charge >= 0.3 is 5.69 Å². The normalized spacial score (nSPS) is 10.6. The lowest BCUT2D eigenvalue weighted by Crippen LogP contribution is -2.14. The van der Waals surface area contributed by atoms with Gasteiger partial charge in [-0.15, -0.1) is 0 Å². The number of thioether (sulfide) groups is 1. The molecule has 0 radical (unpaired) electrons. The molecule has 0 atom stereocenters. The predicted molar refractivity (Wildman–Crippen MR) is 58.7 cm³/mol. The van der Waals surface area contributed by atoms with Crippen LogP contribution in [0.5, 0.6) is 0 Å². The number of hydrogen-bond acceptors (Lipinski definition) is 7. The van der Waals surface area contributed by atoms with Crippen molar-refractivity contribution < 1.29 is 4.63 Å². The Morgan fingerprint density at radius 2 is 2.41 bits per heavy atom. The quantitative estimate of drug-likeness (QED) is 0.364. The van der Waals surface area contributed by atoms with E-state index in [4.69, 9.17) is 11.1 Å². The van der Waals surface area contributed by atoms with Gasteiger partial charge in [0.1, 0.15) is 11.7 Å². The minimum Gasteiger partial charge on any atom is -0.382 e. The molecule has 2 aromatic rings. The Labute approximate surface area is 98.9 Å². The summed E-state index contributed by atoms with van der Waals surface area (Å²) in [5.74, 6) is 0.728. The maximum Gasteiger partial charge on any atom is 0.343 e. The van der Waals surface area contributed by atoms with Crippen molar-refractivity contribution in [2.24, 2.45) is 12.8 Å².